The molecule has 1 saturated carbocycles. The Labute approximate surface area is 84.0 Å². The maximum Gasteiger partial charge on any atom is 0.227 e. The molecule has 0 aromatic heterocycles. The number of carbonyl (C=O) groups excluding carboxylic acids is 2. The Morgan fingerprint density at radius 3 is 2.71 bits per heavy atom. The molecule has 1 amide bonds. The van der Waals surface area contributed by atoms with Crippen molar-refractivity contribution in [3.63, 3.8) is 0 Å². The van der Waals surface area contributed by atoms with E-state index in [1.165, 1.54) is 6.92 Å². The topological polar surface area (TPSA) is 55.4 Å². The molecule has 0 heterocycles. The van der Waals surface area contributed by atoms with E-state index in [0.29, 0.717) is 0 Å². The monoisotopic (exact) mass is 199 g/mol. The fraction of sp³-hybridized carbons (Fsp3) is 0.800. The number of amides is 1. The highest BCUT2D eigenvalue weighted by Crippen LogP contribution is 2.21. The van der Waals surface area contributed by atoms with E-state index in [1.54, 1.807) is 7.11 Å². The highest BCUT2D eigenvalue weighted by atomic mass is 16.5. The van der Waals surface area contributed by atoms with E-state index in [1.807, 2.05) is 0 Å². The number of ketones is 1. The molecule has 1 fully saturated rings. The minimum atomic E-state index is -0.188. The second-order valence-corrected chi connectivity index (χ2v) is 3.76. The molecule has 1 aliphatic rings. The summed E-state index contributed by atoms with van der Waals surface area (Å²) in [7, 11) is 1.65. The van der Waals surface area contributed by atoms with Crippen molar-refractivity contribution in [2.45, 2.75) is 44.8 Å². The fourth-order valence-corrected chi connectivity index (χ4v) is 1.86. The average Bonchev–Trinajstić information content (AvgIpc) is 2.50. The lowest BCUT2D eigenvalue weighted by molar-refractivity contribution is -0.128. The Balaban J connectivity index is 2.35. The summed E-state index contributed by atoms with van der Waals surface area (Å²) in [6.07, 6.45) is 3.10. The van der Waals surface area contributed by atoms with Gasteiger partial charge in [-0.15, -0.1) is 0 Å². The van der Waals surface area contributed by atoms with Gasteiger partial charge in [0.25, 0.3) is 0 Å². The first-order chi connectivity index (χ1) is 6.63. The molecule has 0 spiro atoms. The van der Waals surface area contributed by atoms with Gasteiger partial charge in [0.1, 0.15) is 5.78 Å². The van der Waals surface area contributed by atoms with Gasteiger partial charge in [0.15, 0.2) is 0 Å². The molecule has 2 atom stereocenters. The Hall–Kier alpha value is -0.900. The van der Waals surface area contributed by atoms with Crippen molar-refractivity contribution in [1.29, 1.82) is 0 Å². The zero-order valence-electron chi connectivity index (χ0n) is 8.71. The van der Waals surface area contributed by atoms with E-state index in [9.17, 15) is 9.59 Å². The van der Waals surface area contributed by atoms with Crippen LogP contribution in [0.4, 0.5) is 0 Å². The van der Waals surface area contributed by atoms with Crippen LogP contribution in [0.3, 0.4) is 0 Å². The fourth-order valence-electron chi connectivity index (χ4n) is 1.86. The van der Waals surface area contributed by atoms with E-state index >= 15 is 0 Å². The molecule has 14 heavy (non-hydrogen) atoms. The lowest BCUT2D eigenvalue weighted by atomic mass is 10.2. The number of ether oxygens (including phenoxy) is 1. The first-order valence-corrected chi connectivity index (χ1v) is 4.95. The number of carbonyl (C=O) groups is 2. The molecular formula is C10H17NO3. The zero-order valence-corrected chi connectivity index (χ0v) is 8.71. The van der Waals surface area contributed by atoms with Gasteiger partial charge >= 0.3 is 0 Å². The Bertz CT molecular complexity index is 227. The van der Waals surface area contributed by atoms with Crippen molar-refractivity contribution < 1.29 is 14.3 Å². The summed E-state index contributed by atoms with van der Waals surface area (Å²) >= 11 is 0. The molecule has 0 aliphatic heterocycles. The Kier molecular flexibility index (Phi) is 4.07. The van der Waals surface area contributed by atoms with E-state index < -0.39 is 0 Å². The minimum Gasteiger partial charge on any atom is -0.379 e. The predicted octanol–water partition coefficient (Wildman–Crippen LogP) is 0.649. The van der Waals surface area contributed by atoms with E-state index in [2.05, 4.69) is 5.32 Å². The van der Waals surface area contributed by atoms with Crippen LogP contribution in [0, 0.1) is 0 Å². The van der Waals surface area contributed by atoms with Crippen LogP contribution < -0.4 is 5.32 Å². The minimum absolute atomic E-state index is 0.0209. The molecular weight excluding hydrogens is 182 g/mol. The SMILES string of the molecule is COC1CCCC1NC(=O)CC(C)=O. The maximum atomic E-state index is 11.3. The number of hydrogen-bond acceptors (Lipinski definition) is 3. The number of hydrogen-bond donors (Lipinski definition) is 1. The van der Waals surface area contributed by atoms with Crippen LogP contribution in [0.5, 0.6) is 0 Å². The van der Waals surface area contributed by atoms with Crippen LogP contribution >= 0.6 is 0 Å². The van der Waals surface area contributed by atoms with Crippen molar-refractivity contribution >= 4 is 11.7 Å². The second-order valence-electron chi connectivity index (χ2n) is 3.76. The van der Waals surface area contributed by atoms with Crippen LogP contribution in [0.1, 0.15) is 32.6 Å². The number of nitrogens with one attached hydrogen (secondary N) is 1. The van der Waals surface area contributed by atoms with Crippen molar-refractivity contribution in [3.05, 3.63) is 0 Å². The third kappa shape index (κ3) is 3.10. The molecule has 1 aliphatic carbocycles. The van der Waals surface area contributed by atoms with Crippen LogP contribution in [-0.4, -0.2) is 30.9 Å². The summed E-state index contributed by atoms with van der Waals surface area (Å²) in [6.45, 7) is 1.42. The molecule has 0 saturated heterocycles. The van der Waals surface area contributed by atoms with Crippen molar-refractivity contribution in [3.8, 4) is 0 Å². The largest absolute Gasteiger partial charge is 0.379 e. The molecule has 1 rings (SSSR count). The molecule has 0 bridgehead atoms. The van der Waals surface area contributed by atoms with Gasteiger partial charge in [-0.1, -0.05) is 0 Å². The van der Waals surface area contributed by atoms with Gasteiger partial charge in [0.05, 0.1) is 18.6 Å². The van der Waals surface area contributed by atoms with Crippen LogP contribution in [-0.2, 0) is 14.3 Å². The lowest BCUT2D eigenvalue weighted by Gasteiger charge is -2.19. The van der Waals surface area contributed by atoms with E-state index in [0.717, 1.165) is 19.3 Å². The summed E-state index contributed by atoms with van der Waals surface area (Å²) in [5.74, 6) is -0.291. The summed E-state index contributed by atoms with van der Waals surface area (Å²) in [5, 5.41) is 2.83. The van der Waals surface area contributed by atoms with Crippen molar-refractivity contribution in [2.24, 2.45) is 0 Å². The predicted molar refractivity (Wildman–Crippen MR) is 51.9 cm³/mol. The van der Waals surface area contributed by atoms with Gasteiger partial charge in [-0.25, -0.2) is 0 Å². The van der Waals surface area contributed by atoms with Gasteiger partial charge in [-0.05, 0) is 26.2 Å². The quantitative estimate of drug-likeness (QED) is 0.676. The Morgan fingerprint density at radius 2 is 2.14 bits per heavy atom. The smallest absolute Gasteiger partial charge is 0.227 e. The molecule has 2 unspecified atom stereocenters. The molecule has 80 valence electrons. The second kappa shape index (κ2) is 5.10. The third-order valence-corrected chi connectivity index (χ3v) is 2.51. The summed E-state index contributed by atoms with van der Waals surface area (Å²) in [6, 6.07) is 0.0897. The molecule has 1 N–H and O–H groups in total. The highest BCUT2D eigenvalue weighted by Gasteiger charge is 2.28. The number of rotatable bonds is 4. The van der Waals surface area contributed by atoms with Gasteiger partial charge in [-0.2, -0.15) is 0 Å². The summed E-state index contributed by atoms with van der Waals surface area (Å²) in [4.78, 5) is 22.0. The van der Waals surface area contributed by atoms with Gasteiger partial charge in [0.2, 0.25) is 5.91 Å². The molecule has 0 aromatic rings. The molecule has 4 heteroatoms. The van der Waals surface area contributed by atoms with Gasteiger partial charge < -0.3 is 10.1 Å². The molecule has 4 nitrogen and oxygen atoms in total. The number of methoxy groups -OCH3 is 1. The maximum absolute atomic E-state index is 11.3. The first-order valence-electron chi connectivity index (χ1n) is 4.95. The van der Waals surface area contributed by atoms with Crippen LogP contribution in [0.15, 0.2) is 0 Å². The van der Waals surface area contributed by atoms with E-state index in [4.69, 9.17) is 4.74 Å². The summed E-state index contributed by atoms with van der Waals surface area (Å²) < 4.78 is 5.23. The first kappa shape index (κ1) is 11.2. The van der Waals surface area contributed by atoms with Crippen molar-refractivity contribution in [1.82, 2.24) is 5.32 Å². The zero-order chi connectivity index (χ0) is 10.6. The van der Waals surface area contributed by atoms with Crippen LogP contribution in [0.25, 0.3) is 0 Å². The lowest BCUT2D eigenvalue weighted by Crippen LogP contribution is -2.41. The Morgan fingerprint density at radius 1 is 1.43 bits per heavy atom. The standard InChI is InChI=1S/C10H17NO3/c1-7(12)6-10(13)11-8-4-3-5-9(8)14-2/h8-9H,3-6H2,1-2H3,(H,11,13). The summed E-state index contributed by atoms with van der Waals surface area (Å²) in [5.41, 5.74) is 0. The highest BCUT2D eigenvalue weighted by molar-refractivity contribution is 5.96. The van der Waals surface area contributed by atoms with Crippen LogP contribution in [0.2, 0.25) is 0 Å². The van der Waals surface area contributed by atoms with Gasteiger partial charge in [0, 0.05) is 7.11 Å². The molecule has 0 radical (unpaired) electrons. The van der Waals surface area contributed by atoms with E-state index in [-0.39, 0.29) is 30.3 Å². The molecule has 0 aromatic carbocycles. The van der Waals surface area contributed by atoms with Gasteiger partial charge in [-0.3, -0.25) is 9.59 Å². The normalized spacial score (nSPS) is 26.1. The number of Topliss-reactive ketones (excluding diaryl/α,β-unsaturated/α-hetero) is 1. The average molecular weight is 199 g/mol. The van der Waals surface area contributed by atoms with Crippen molar-refractivity contribution in [2.75, 3.05) is 7.11 Å². The third-order valence-electron chi connectivity index (χ3n) is 2.51.